The lowest BCUT2D eigenvalue weighted by Crippen LogP contribution is -2.33. The Morgan fingerprint density at radius 3 is 2.16 bits per heavy atom. The molecule has 0 bridgehead atoms. The highest BCUT2D eigenvalue weighted by molar-refractivity contribution is 5.91. The van der Waals surface area contributed by atoms with Crippen LogP contribution in [0.5, 0.6) is 0 Å². The smallest absolute Gasteiger partial charge is 0.335 e. The SMILES string of the molecule is Cc1cc(C2(C(=O)O)CCCC2)cc(C(=O)O)c1C. The van der Waals surface area contributed by atoms with Crippen molar-refractivity contribution in [2.75, 3.05) is 0 Å². The summed E-state index contributed by atoms with van der Waals surface area (Å²) in [6.07, 6.45) is 2.93. The largest absolute Gasteiger partial charge is 0.481 e. The van der Waals surface area contributed by atoms with Crippen LogP contribution in [0.1, 0.15) is 52.7 Å². The lowest BCUT2D eigenvalue weighted by Gasteiger charge is -2.25. The zero-order chi connectivity index (χ0) is 14.2. The average molecular weight is 262 g/mol. The first kappa shape index (κ1) is 13.6. The van der Waals surface area contributed by atoms with Crippen LogP contribution in [0, 0.1) is 13.8 Å². The summed E-state index contributed by atoms with van der Waals surface area (Å²) < 4.78 is 0. The van der Waals surface area contributed by atoms with E-state index in [1.165, 1.54) is 0 Å². The summed E-state index contributed by atoms with van der Waals surface area (Å²) in [5.41, 5.74) is 1.49. The maximum absolute atomic E-state index is 11.7. The fraction of sp³-hybridized carbons (Fsp3) is 0.467. The van der Waals surface area contributed by atoms with E-state index in [-0.39, 0.29) is 5.56 Å². The van der Waals surface area contributed by atoms with Crippen molar-refractivity contribution >= 4 is 11.9 Å². The summed E-state index contributed by atoms with van der Waals surface area (Å²) in [6, 6.07) is 3.38. The molecule has 0 spiro atoms. The molecule has 0 saturated heterocycles. The van der Waals surface area contributed by atoms with Crippen molar-refractivity contribution in [1.82, 2.24) is 0 Å². The molecule has 4 nitrogen and oxygen atoms in total. The molecule has 1 aliphatic carbocycles. The number of aromatic carboxylic acids is 1. The molecule has 0 amide bonds. The fourth-order valence-corrected chi connectivity index (χ4v) is 2.96. The third-order valence-corrected chi connectivity index (χ3v) is 4.32. The van der Waals surface area contributed by atoms with Crippen molar-refractivity contribution in [2.24, 2.45) is 0 Å². The third-order valence-electron chi connectivity index (χ3n) is 4.32. The highest BCUT2D eigenvalue weighted by Crippen LogP contribution is 2.42. The molecule has 0 aliphatic heterocycles. The van der Waals surface area contributed by atoms with Gasteiger partial charge in [-0.15, -0.1) is 0 Å². The van der Waals surface area contributed by atoms with Gasteiger partial charge in [-0.1, -0.05) is 18.9 Å². The molecule has 1 fully saturated rings. The number of aryl methyl sites for hydroxylation is 1. The number of hydrogen-bond acceptors (Lipinski definition) is 2. The molecule has 1 aromatic rings. The maximum atomic E-state index is 11.7. The van der Waals surface area contributed by atoms with Gasteiger partial charge in [-0.25, -0.2) is 4.79 Å². The standard InChI is InChI=1S/C15H18O4/c1-9-7-11(8-12(10(9)2)13(16)17)15(14(18)19)5-3-4-6-15/h7-8H,3-6H2,1-2H3,(H,16,17)(H,18,19). The molecular formula is C15H18O4. The summed E-state index contributed by atoms with van der Waals surface area (Å²) in [6.45, 7) is 3.58. The number of aliphatic carboxylic acids is 1. The third kappa shape index (κ3) is 2.11. The summed E-state index contributed by atoms with van der Waals surface area (Å²) in [4.78, 5) is 22.9. The van der Waals surface area contributed by atoms with Gasteiger partial charge in [-0.3, -0.25) is 4.79 Å². The van der Waals surface area contributed by atoms with Crippen LogP contribution in [0.25, 0.3) is 0 Å². The Balaban J connectivity index is 2.62. The van der Waals surface area contributed by atoms with Crippen LogP contribution in [-0.4, -0.2) is 22.2 Å². The normalized spacial score (nSPS) is 17.4. The lowest BCUT2D eigenvalue weighted by molar-refractivity contribution is -0.143. The molecule has 1 aliphatic rings. The van der Waals surface area contributed by atoms with Crippen molar-refractivity contribution in [1.29, 1.82) is 0 Å². The number of carbonyl (C=O) groups is 2. The first-order valence-corrected chi connectivity index (χ1v) is 6.47. The van der Waals surface area contributed by atoms with E-state index in [1.807, 2.05) is 13.0 Å². The Hall–Kier alpha value is -1.84. The minimum atomic E-state index is -0.999. The van der Waals surface area contributed by atoms with Gasteiger partial charge < -0.3 is 10.2 Å². The van der Waals surface area contributed by atoms with E-state index >= 15 is 0 Å². The van der Waals surface area contributed by atoms with E-state index in [0.29, 0.717) is 24.0 Å². The Morgan fingerprint density at radius 1 is 1.11 bits per heavy atom. The van der Waals surface area contributed by atoms with Crippen molar-refractivity contribution in [2.45, 2.75) is 44.9 Å². The monoisotopic (exact) mass is 262 g/mol. The van der Waals surface area contributed by atoms with Gasteiger partial charge in [0.25, 0.3) is 0 Å². The van der Waals surface area contributed by atoms with Gasteiger partial charge in [0.15, 0.2) is 0 Å². The summed E-state index contributed by atoms with van der Waals surface area (Å²) in [5, 5.41) is 18.8. The first-order valence-electron chi connectivity index (χ1n) is 6.47. The van der Waals surface area contributed by atoms with E-state index in [1.54, 1.807) is 13.0 Å². The van der Waals surface area contributed by atoms with Gasteiger partial charge in [0, 0.05) is 0 Å². The van der Waals surface area contributed by atoms with Crippen molar-refractivity contribution in [3.05, 3.63) is 34.4 Å². The molecule has 2 N–H and O–H groups in total. The van der Waals surface area contributed by atoms with Crippen LogP contribution < -0.4 is 0 Å². The zero-order valence-corrected chi connectivity index (χ0v) is 11.2. The second-order valence-electron chi connectivity index (χ2n) is 5.37. The molecule has 0 heterocycles. The minimum Gasteiger partial charge on any atom is -0.481 e. The average Bonchev–Trinajstić information content (AvgIpc) is 2.82. The predicted octanol–water partition coefficient (Wildman–Crippen LogP) is 2.90. The van der Waals surface area contributed by atoms with Crippen molar-refractivity contribution in [3.8, 4) is 0 Å². The number of hydrogen-bond donors (Lipinski definition) is 2. The van der Waals surface area contributed by atoms with Gasteiger partial charge in [0.2, 0.25) is 0 Å². The van der Waals surface area contributed by atoms with E-state index in [0.717, 1.165) is 18.4 Å². The summed E-state index contributed by atoms with van der Waals surface area (Å²) >= 11 is 0. The quantitative estimate of drug-likeness (QED) is 0.878. The van der Waals surface area contributed by atoms with Crippen LogP contribution in [0.2, 0.25) is 0 Å². The first-order chi connectivity index (χ1) is 8.88. The number of carboxylic acid groups (broad SMARTS) is 2. The Labute approximate surface area is 112 Å². The summed E-state index contributed by atoms with van der Waals surface area (Å²) in [7, 11) is 0. The Bertz CT molecular complexity index is 539. The molecule has 0 radical (unpaired) electrons. The number of rotatable bonds is 3. The van der Waals surface area contributed by atoms with Gasteiger partial charge >= 0.3 is 11.9 Å². The predicted molar refractivity (Wildman–Crippen MR) is 70.7 cm³/mol. The molecule has 0 atom stereocenters. The molecule has 19 heavy (non-hydrogen) atoms. The van der Waals surface area contributed by atoms with Gasteiger partial charge in [0.1, 0.15) is 0 Å². The number of benzene rings is 1. The molecule has 0 aromatic heterocycles. The topological polar surface area (TPSA) is 74.6 Å². The molecule has 102 valence electrons. The molecule has 4 heteroatoms. The van der Waals surface area contributed by atoms with E-state index < -0.39 is 17.4 Å². The molecule has 1 saturated carbocycles. The van der Waals surface area contributed by atoms with Gasteiger partial charge in [0.05, 0.1) is 11.0 Å². The van der Waals surface area contributed by atoms with Crippen LogP contribution in [0.4, 0.5) is 0 Å². The second kappa shape index (κ2) is 4.68. The molecule has 0 unspecified atom stereocenters. The fourth-order valence-electron chi connectivity index (χ4n) is 2.96. The zero-order valence-electron chi connectivity index (χ0n) is 11.2. The Kier molecular flexibility index (Phi) is 3.35. The molecule has 2 rings (SSSR count). The lowest BCUT2D eigenvalue weighted by atomic mass is 9.77. The van der Waals surface area contributed by atoms with E-state index in [4.69, 9.17) is 0 Å². The minimum absolute atomic E-state index is 0.211. The van der Waals surface area contributed by atoms with E-state index in [9.17, 15) is 19.8 Å². The highest BCUT2D eigenvalue weighted by Gasteiger charge is 2.43. The van der Waals surface area contributed by atoms with Crippen LogP contribution in [-0.2, 0) is 10.2 Å². The van der Waals surface area contributed by atoms with Gasteiger partial charge in [-0.05, 0) is 49.4 Å². The van der Waals surface area contributed by atoms with Crippen molar-refractivity contribution < 1.29 is 19.8 Å². The van der Waals surface area contributed by atoms with Gasteiger partial charge in [-0.2, -0.15) is 0 Å². The van der Waals surface area contributed by atoms with Crippen LogP contribution in [0.15, 0.2) is 12.1 Å². The number of carboxylic acids is 2. The highest BCUT2D eigenvalue weighted by atomic mass is 16.4. The summed E-state index contributed by atoms with van der Waals surface area (Å²) in [5.74, 6) is -1.84. The van der Waals surface area contributed by atoms with E-state index in [2.05, 4.69) is 0 Å². The molecule has 1 aromatic carbocycles. The van der Waals surface area contributed by atoms with Crippen LogP contribution >= 0.6 is 0 Å². The van der Waals surface area contributed by atoms with Crippen molar-refractivity contribution in [3.63, 3.8) is 0 Å². The molecular weight excluding hydrogens is 244 g/mol. The van der Waals surface area contributed by atoms with Crippen LogP contribution in [0.3, 0.4) is 0 Å². The Morgan fingerprint density at radius 2 is 1.68 bits per heavy atom. The second-order valence-corrected chi connectivity index (χ2v) is 5.37. The maximum Gasteiger partial charge on any atom is 0.335 e.